The maximum atomic E-state index is 11.2. The minimum absolute atomic E-state index is 0.139. The Kier molecular flexibility index (Phi) is 5.12. The number of rotatable bonds is 4. The average Bonchev–Trinajstić information content (AvgIpc) is 1.98. The van der Waals surface area contributed by atoms with Crippen LogP contribution < -0.4 is 0 Å². The van der Waals surface area contributed by atoms with Crippen molar-refractivity contribution in [1.29, 1.82) is 0 Å². The second-order valence-electron chi connectivity index (χ2n) is 2.57. The van der Waals surface area contributed by atoms with E-state index in [0.717, 1.165) is 5.57 Å². The second-order valence-corrected chi connectivity index (χ2v) is 3.13. The summed E-state index contributed by atoms with van der Waals surface area (Å²) in [5, 5.41) is 0.394. The number of Topliss-reactive ketones (excluding diaryl/α,β-unsaturated/α-hetero) is 1. The first-order chi connectivity index (χ1) is 5.13. The normalized spacial score (nSPS) is 11.8. The molecule has 0 aromatic rings. The van der Waals surface area contributed by atoms with E-state index in [4.69, 9.17) is 0 Å². The van der Waals surface area contributed by atoms with Crippen LogP contribution in [0.5, 0.6) is 0 Å². The summed E-state index contributed by atoms with van der Waals surface area (Å²) in [6.07, 6.45) is 3.42. The van der Waals surface area contributed by atoms with Crippen LogP contribution in [-0.2, 0) is 4.79 Å². The zero-order chi connectivity index (χ0) is 8.85. The van der Waals surface area contributed by atoms with Crippen molar-refractivity contribution >= 4 is 21.7 Å². The zero-order valence-corrected chi connectivity index (χ0v) is 8.52. The van der Waals surface area contributed by atoms with Gasteiger partial charge in [-0.25, -0.2) is 0 Å². The Bertz CT molecular complexity index is 180. The number of hydrogen-bond acceptors (Lipinski definition) is 1. The SMILES string of the molecule is C=C/C=C(/C(=O)CBr)C(C)C. The monoisotopic (exact) mass is 216 g/mol. The highest BCUT2D eigenvalue weighted by atomic mass is 79.9. The molecule has 0 saturated heterocycles. The van der Waals surface area contributed by atoms with Crippen molar-refractivity contribution in [3.05, 3.63) is 24.3 Å². The van der Waals surface area contributed by atoms with E-state index >= 15 is 0 Å². The molecule has 0 fully saturated rings. The van der Waals surface area contributed by atoms with Crippen molar-refractivity contribution in [2.45, 2.75) is 13.8 Å². The molecule has 0 aliphatic heterocycles. The first-order valence-corrected chi connectivity index (χ1v) is 4.67. The molecule has 11 heavy (non-hydrogen) atoms. The van der Waals surface area contributed by atoms with Gasteiger partial charge in [0.1, 0.15) is 0 Å². The lowest BCUT2D eigenvalue weighted by Gasteiger charge is -2.06. The molecule has 0 atom stereocenters. The third kappa shape index (κ3) is 3.51. The Morgan fingerprint density at radius 1 is 1.64 bits per heavy atom. The molecule has 0 aromatic carbocycles. The smallest absolute Gasteiger partial charge is 0.169 e. The van der Waals surface area contributed by atoms with Gasteiger partial charge in [-0.1, -0.05) is 48.5 Å². The van der Waals surface area contributed by atoms with Gasteiger partial charge in [-0.2, -0.15) is 0 Å². The van der Waals surface area contributed by atoms with Crippen molar-refractivity contribution in [3.8, 4) is 0 Å². The van der Waals surface area contributed by atoms with Crippen molar-refractivity contribution in [1.82, 2.24) is 0 Å². The first kappa shape index (κ1) is 10.6. The van der Waals surface area contributed by atoms with E-state index in [0.29, 0.717) is 5.33 Å². The van der Waals surface area contributed by atoms with Crippen LogP contribution in [0.15, 0.2) is 24.3 Å². The molecule has 62 valence electrons. The molecule has 2 heteroatoms. The average molecular weight is 217 g/mol. The van der Waals surface area contributed by atoms with Crippen LogP contribution in [-0.4, -0.2) is 11.1 Å². The molecule has 0 amide bonds. The summed E-state index contributed by atoms with van der Waals surface area (Å²) in [6.45, 7) is 7.55. The van der Waals surface area contributed by atoms with Crippen molar-refractivity contribution in [3.63, 3.8) is 0 Å². The lowest BCUT2D eigenvalue weighted by Crippen LogP contribution is -2.08. The molecule has 0 bridgehead atoms. The van der Waals surface area contributed by atoms with Gasteiger partial charge >= 0.3 is 0 Å². The topological polar surface area (TPSA) is 17.1 Å². The quantitative estimate of drug-likeness (QED) is 0.402. The van der Waals surface area contributed by atoms with Crippen LogP contribution in [0.4, 0.5) is 0 Å². The Labute approximate surface area is 76.3 Å². The highest BCUT2D eigenvalue weighted by Crippen LogP contribution is 2.11. The minimum atomic E-state index is 0.139. The number of carbonyl (C=O) groups excluding carboxylic acids is 1. The third-order valence-corrected chi connectivity index (χ3v) is 1.87. The molecule has 0 unspecified atom stereocenters. The van der Waals surface area contributed by atoms with Gasteiger partial charge in [-0.3, -0.25) is 4.79 Å². The predicted octanol–water partition coefficient (Wildman–Crippen LogP) is 2.72. The molecular formula is C9H13BrO. The van der Waals surface area contributed by atoms with E-state index in [1.165, 1.54) is 0 Å². The Balaban J connectivity index is 4.47. The molecule has 0 spiro atoms. The fourth-order valence-electron chi connectivity index (χ4n) is 0.811. The predicted molar refractivity (Wildman–Crippen MR) is 51.9 cm³/mol. The van der Waals surface area contributed by atoms with E-state index in [1.807, 2.05) is 13.8 Å². The number of carbonyl (C=O) groups is 1. The van der Waals surface area contributed by atoms with Gasteiger partial charge in [0, 0.05) is 0 Å². The Morgan fingerprint density at radius 2 is 2.18 bits per heavy atom. The van der Waals surface area contributed by atoms with Crippen LogP contribution in [0.1, 0.15) is 13.8 Å². The fraction of sp³-hybridized carbons (Fsp3) is 0.444. The van der Waals surface area contributed by atoms with Crippen LogP contribution in [0.2, 0.25) is 0 Å². The maximum absolute atomic E-state index is 11.2. The van der Waals surface area contributed by atoms with E-state index < -0.39 is 0 Å². The van der Waals surface area contributed by atoms with E-state index in [-0.39, 0.29) is 11.7 Å². The number of ketones is 1. The number of allylic oxidation sites excluding steroid dienone is 3. The van der Waals surface area contributed by atoms with Crippen LogP contribution >= 0.6 is 15.9 Å². The molecule has 0 aliphatic carbocycles. The maximum Gasteiger partial charge on any atom is 0.169 e. The number of alkyl halides is 1. The largest absolute Gasteiger partial charge is 0.294 e. The van der Waals surface area contributed by atoms with Gasteiger partial charge < -0.3 is 0 Å². The van der Waals surface area contributed by atoms with Gasteiger partial charge in [-0.15, -0.1) is 0 Å². The van der Waals surface area contributed by atoms with Crippen LogP contribution in [0.3, 0.4) is 0 Å². The molecule has 0 aliphatic rings. The molecule has 0 saturated carbocycles. The van der Waals surface area contributed by atoms with E-state index in [9.17, 15) is 4.79 Å². The lowest BCUT2D eigenvalue weighted by molar-refractivity contribution is -0.113. The van der Waals surface area contributed by atoms with Gasteiger partial charge in [-0.05, 0) is 11.5 Å². The summed E-state index contributed by atoms with van der Waals surface area (Å²) >= 11 is 3.13. The summed E-state index contributed by atoms with van der Waals surface area (Å²) in [5.74, 6) is 0.415. The van der Waals surface area contributed by atoms with Gasteiger partial charge in [0.15, 0.2) is 5.78 Å². The van der Waals surface area contributed by atoms with Gasteiger partial charge in [0.2, 0.25) is 0 Å². The molecule has 1 nitrogen and oxygen atoms in total. The lowest BCUT2D eigenvalue weighted by atomic mass is 10.00. The van der Waals surface area contributed by atoms with Gasteiger partial charge in [0.05, 0.1) is 5.33 Å². The van der Waals surface area contributed by atoms with Crippen LogP contribution in [0, 0.1) is 5.92 Å². The van der Waals surface area contributed by atoms with Crippen molar-refractivity contribution in [2.24, 2.45) is 5.92 Å². The first-order valence-electron chi connectivity index (χ1n) is 3.55. The standard InChI is InChI=1S/C9H13BrO/c1-4-5-8(7(2)3)9(11)6-10/h4-5,7H,1,6H2,2-3H3/b8-5+. The summed E-state index contributed by atoms with van der Waals surface area (Å²) in [6, 6.07) is 0. The molecular weight excluding hydrogens is 204 g/mol. The highest BCUT2D eigenvalue weighted by Gasteiger charge is 2.09. The van der Waals surface area contributed by atoms with E-state index in [1.54, 1.807) is 12.2 Å². The summed E-state index contributed by atoms with van der Waals surface area (Å²) < 4.78 is 0. The molecule has 0 heterocycles. The van der Waals surface area contributed by atoms with Crippen LogP contribution in [0.25, 0.3) is 0 Å². The van der Waals surface area contributed by atoms with Crippen molar-refractivity contribution in [2.75, 3.05) is 5.33 Å². The third-order valence-electron chi connectivity index (χ3n) is 1.36. The Hall–Kier alpha value is -0.370. The summed E-state index contributed by atoms with van der Waals surface area (Å²) in [7, 11) is 0. The van der Waals surface area contributed by atoms with E-state index in [2.05, 4.69) is 22.5 Å². The molecule has 0 N–H and O–H groups in total. The zero-order valence-electron chi connectivity index (χ0n) is 6.93. The second kappa shape index (κ2) is 5.30. The number of hydrogen-bond donors (Lipinski definition) is 0. The van der Waals surface area contributed by atoms with Crippen molar-refractivity contribution < 1.29 is 4.79 Å². The summed E-state index contributed by atoms with van der Waals surface area (Å²) in [5.41, 5.74) is 0.830. The molecule has 0 aromatic heterocycles. The fourth-order valence-corrected chi connectivity index (χ4v) is 1.14. The minimum Gasteiger partial charge on any atom is -0.294 e. The summed E-state index contributed by atoms with van der Waals surface area (Å²) in [4.78, 5) is 11.2. The van der Waals surface area contributed by atoms with Gasteiger partial charge in [0.25, 0.3) is 0 Å². The Morgan fingerprint density at radius 3 is 2.45 bits per heavy atom. The molecule has 0 radical (unpaired) electrons. The number of halogens is 1. The molecule has 0 rings (SSSR count). The highest BCUT2D eigenvalue weighted by molar-refractivity contribution is 9.09.